The van der Waals surface area contributed by atoms with Crippen LogP contribution >= 0.6 is 11.8 Å². The first kappa shape index (κ1) is 16.7. The van der Waals surface area contributed by atoms with Gasteiger partial charge >= 0.3 is 5.97 Å². The van der Waals surface area contributed by atoms with Crippen molar-refractivity contribution in [3.05, 3.63) is 0 Å². The van der Waals surface area contributed by atoms with E-state index >= 15 is 0 Å². The van der Waals surface area contributed by atoms with E-state index < -0.39 is 30.6 Å². The van der Waals surface area contributed by atoms with Crippen LogP contribution in [0.3, 0.4) is 0 Å². The minimum absolute atomic E-state index is 0.368. The van der Waals surface area contributed by atoms with Crippen LogP contribution in [0.5, 0.6) is 0 Å². The number of aliphatic hydroxyl groups excluding tert-OH is 1. The Morgan fingerprint density at radius 3 is 2.22 bits per heavy atom. The molecule has 0 saturated carbocycles. The molecule has 4 N–H and O–H groups in total. The second-order valence-electron chi connectivity index (χ2n) is 3.62. The number of hydrogen-bond acceptors (Lipinski definition) is 5. The summed E-state index contributed by atoms with van der Waals surface area (Å²) in [5.41, 5.74) is 0. The molecule has 2 atom stereocenters. The van der Waals surface area contributed by atoms with Gasteiger partial charge in [-0.1, -0.05) is 0 Å². The number of nitrogens with one attached hydrogen (secondary N) is 2. The average molecular weight is 278 g/mol. The number of thioether (sulfide) groups is 1. The number of aliphatic carboxylic acids is 1. The van der Waals surface area contributed by atoms with Gasteiger partial charge in [-0.25, -0.2) is 4.79 Å². The molecular weight excluding hydrogens is 260 g/mol. The molecule has 8 heteroatoms. The topological polar surface area (TPSA) is 116 Å². The number of carboxylic acids is 1. The molecule has 0 spiro atoms. The first-order chi connectivity index (χ1) is 8.42. The third-order valence-electron chi connectivity index (χ3n) is 2.10. The van der Waals surface area contributed by atoms with Gasteiger partial charge in [-0.05, 0) is 18.4 Å². The molecule has 0 fully saturated rings. The first-order valence-corrected chi connectivity index (χ1v) is 6.71. The summed E-state index contributed by atoms with van der Waals surface area (Å²) in [4.78, 5) is 33.4. The van der Waals surface area contributed by atoms with E-state index in [-0.39, 0.29) is 5.91 Å². The Morgan fingerprint density at radius 2 is 1.83 bits per heavy atom. The minimum atomic E-state index is -1.36. The molecule has 0 saturated heterocycles. The number of rotatable bonds is 8. The van der Waals surface area contributed by atoms with Crippen molar-refractivity contribution in [2.45, 2.75) is 25.4 Å². The van der Waals surface area contributed by atoms with E-state index in [1.165, 1.54) is 18.7 Å². The molecule has 0 aromatic heterocycles. The van der Waals surface area contributed by atoms with Crippen molar-refractivity contribution < 1.29 is 24.6 Å². The van der Waals surface area contributed by atoms with Crippen molar-refractivity contribution in [3.63, 3.8) is 0 Å². The third kappa shape index (κ3) is 6.45. The van der Waals surface area contributed by atoms with Gasteiger partial charge in [-0.15, -0.1) is 0 Å². The molecule has 0 aliphatic heterocycles. The van der Waals surface area contributed by atoms with E-state index in [1.807, 2.05) is 6.26 Å². The Balaban J connectivity index is 4.52. The largest absolute Gasteiger partial charge is 0.480 e. The van der Waals surface area contributed by atoms with Gasteiger partial charge in [0.25, 0.3) is 0 Å². The van der Waals surface area contributed by atoms with E-state index in [2.05, 4.69) is 10.6 Å². The van der Waals surface area contributed by atoms with Gasteiger partial charge in [0, 0.05) is 6.92 Å². The smallest absolute Gasteiger partial charge is 0.328 e. The molecule has 0 aliphatic carbocycles. The Kier molecular flexibility index (Phi) is 8.14. The van der Waals surface area contributed by atoms with Crippen LogP contribution in [-0.2, 0) is 14.4 Å². The molecule has 0 heterocycles. The highest BCUT2D eigenvalue weighted by Gasteiger charge is 2.24. The summed E-state index contributed by atoms with van der Waals surface area (Å²) >= 11 is 1.51. The fourth-order valence-corrected chi connectivity index (χ4v) is 1.68. The van der Waals surface area contributed by atoms with Gasteiger partial charge in [0.1, 0.15) is 12.1 Å². The summed E-state index contributed by atoms with van der Waals surface area (Å²) in [6.07, 6.45) is 2.25. The molecule has 0 radical (unpaired) electrons. The Labute approximate surface area is 109 Å². The highest BCUT2D eigenvalue weighted by molar-refractivity contribution is 7.98. The number of carboxylic acid groups (broad SMARTS) is 1. The molecule has 0 bridgehead atoms. The molecule has 0 aromatic rings. The SMILES string of the molecule is CSCC[C@H](NC(C)=O)C(=O)N[C@@H](CO)C(=O)O. The van der Waals surface area contributed by atoms with Crippen molar-refractivity contribution in [3.8, 4) is 0 Å². The van der Waals surface area contributed by atoms with Crippen molar-refractivity contribution in [2.75, 3.05) is 18.6 Å². The average Bonchev–Trinajstić information content (AvgIpc) is 2.30. The fourth-order valence-electron chi connectivity index (χ4n) is 1.21. The van der Waals surface area contributed by atoms with E-state index in [0.717, 1.165) is 0 Å². The maximum Gasteiger partial charge on any atom is 0.328 e. The molecule has 2 amide bonds. The van der Waals surface area contributed by atoms with Crippen LogP contribution in [0.1, 0.15) is 13.3 Å². The lowest BCUT2D eigenvalue weighted by Gasteiger charge is -2.19. The highest BCUT2D eigenvalue weighted by atomic mass is 32.2. The van der Waals surface area contributed by atoms with Gasteiger partial charge < -0.3 is 20.8 Å². The van der Waals surface area contributed by atoms with Crippen LogP contribution in [-0.4, -0.2) is 58.7 Å². The Bertz CT molecular complexity index is 311. The summed E-state index contributed by atoms with van der Waals surface area (Å²) < 4.78 is 0. The standard InChI is InChI=1S/C10H18N2O5S/c1-6(14)11-7(3-4-18-2)9(15)12-8(5-13)10(16)17/h7-8,13H,3-5H2,1-2H3,(H,11,14)(H,12,15)(H,16,17)/t7-,8-/m0/s1. The zero-order valence-electron chi connectivity index (χ0n) is 10.3. The Morgan fingerprint density at radius 1 is 1.22 bits per heavy atom. The lowest BCUT2D eigenvalue weighted by Crippen LogP contribution is -2.52. The molecular formula is C10H18N2O5S. The van der Waals surface area contributed by atoms with Crippen molar-refractivity contribution in [1.29, 1.82) is 0 Å². The summed E-state index contributed by atoms with van der Waals surface area (Å²) in [6.45, 7) is 0.580. The quantitative estimate of drug-likeness (QED) is 0.443. The third-order valence-corrected chi connectivity index (χ3v) is 2.75. The van der Waals surface area contributed by atoms with Crippen LogP contribution in [0, 0.1) is 0 Å². The zero-order chi connectivity index (χ0) is 14.1. The zero-order valence-corrected chi connectivity index (χ0v) is 11.1. The van der Waals surface area contributed by atoms with Crippen LogP contribution in [0.15, 0.2) is 0 Å². The fraction of sp³-hybridized carbons (Fsp3) is 0.700. The van der Waals surface area contributed by atoms with Gasteiger partial charge in [0.15, 0.2) is 0 Å². The lowest BCUT2D eigenvalue weighted by atomic mass is 10.2. The normalized spacial score (nSPS) is 13.5. The van der Waals surface area contributed by atoms with Gasteiger partial charge in [0.2, 0.25) is 11.8 Å². The summed E-state index contributed by atoms with van der Waals surface area (Å²) in [7, 11) is 0. The van der Waals surface area contributed by atoms with Crippen LogP contribution in [0.25, 0.3) is 0 Å². The van der Waals surface area contributed by atoms with Crippen molar-refractivity contribution >= 4 is 29.5 Å². The maximum absolute atomic E-state index is 11.7. The predicted molar refractivity (Wildman–Crippen MR) is 67.3 cm³/mol. The Hall–Kier alpha value is -1.28. The number of carbonyl (C=O) groups is 3. The molecule has 7 nitrogen and oxygen atoms in total. The maximum atomic E-state index is 11.7. The molecule has 0 rings (SSSR count). The van der Waals surface area contributed by atoms with Crippen LogP contribution in [0.2, 0.25) is 0 Å². The number of carbonyl (C=O) groups excluding carboxylic acids is 2. The number of aliphatic hydroxyl groups is 1. The number of hydrogen-bond donors (Lipinski definition) is 4. The lowest BCUT2D eigenvalue weighted by molar-refractivity contribution is -0.143. The van der Waals surface area contributed by atoms with Crippen molar-refractivity contribution in [1.82, 2.24) is 10.6 Å². The second kappa shape index (κ2) is 8.76. The summed E-state index contributed by atoms with van der Waals surface area (Å²) in [5, 5.41) is 22.1. The minimum Gasteiger partial charge on any atom is -0.480 e. The predicted octanol–water partition coefficient (Wildman–Crippen LogP) is -1.19. The van der Waals surface area contributed by atoms with E-state index in [9.17, 15) is 14.4 Å². The molecule has 0 aliphatic rings. The highest BCUT2D eigenvalue weighted by Crippen LogP contribution is 2.01. The molecule has 18 heavy (non-hydrogen) atoms. The molecule has 0 aromatic carbocycles. The van der Waals surface area contributed by atoms with E-state index in [1.54, 1.807) is 0 Å². The number of amides is 2. The second-order valence-corrected chi connectivity index (χ2v) is 4.60. The first-order valence-electron chi connectivity index (χ1n) is 5.32. The van der Waals surface area contributed by atoms with E-state index in [0.29, 0.717) is 12.2 Å². The molecule has 0 unspecified atom stereocenters. The summed E-state index contributed by atoms with van der Waals surface area (Å²) in [6, 6.07) is -2.15. The summed E-state index contributed by atoms with van der Waals surface area (Å²) in [5.74, 6) is -1.65. The van der Waals surface area contributed by atoms with Crippen LogP contribution < -0.4 is 10.6 Å². The van der Waals surface area contributed by atoms with E-state index in [4.69, 9.17) is 10.2 Å². The van der Waals surface area contributed by atoms with Crippen molar-refractivity contribution in [2.24, 2.45) is 0 Å². The monoisotopic (exact) mass is 278 g/mol. The van der Waals surface area contributed by atoms with Gasteiger partial charge in [-0.3, -0.25) is 9.59 Å². The van der Waals surface area contributed by atoms with Gasteiger partial charge in [0.05, 0.1) is 6.61 Å². The van der Waals surface area contributed by atoms with Gasteiger partial charge in [-0.2, -0.15) is 11.8 Å². The molecule has 104 valence electrons. The van der Waals surface area contributed by atoms with Crippen LogP contribution in [0.4, 0.5) is 0 Å².